The number of rotatable bonds is 0. The van der Waals surface area contributed by atoms with E-state index < -0.39 is 12.1 Å². The van der Waals surface area contributed by atoms with Gasteiger partial charge in [-0.3, -0.25) is 0 Å². The lowest BCUT2D eigenvalue weighted by Gasteiger charge is -2.27. The second kappa shape index (κ2) is 4.60. The third kappa shape index (κ3) is 1.83. The molecule has 0 saturated heterocycles. The molecular weight excluding hydrogens is 271 g/mol. The molecule has 0 aromatic heterocycles. The van der Waals surface area contributed by atoms with Gasteiger partial charge < -0.3 is 14.6 Å². The monoisotopic (exact) mass is 284 g/mol. The first-order valence-electron chi connectivity index (χ1n) is 6.84. The van der Waals surface area contributed by atoms with Gasteiger partial charge in [-0.15, -0.1) is 0 Å². The molecule has 3 nitrogen and oxygen atoms in total. The van der Waals surface area contributed by atoms with Gasteiger partial charge in [0, 0.05) is 23.1 Å². The number of para-hydroxylation sites is 2. The summed E-state index contributed by atoms with van der Waals surface area (Å²) in [6.07, 6.45) is -0.516. The quantitative estimate of drug-likeness (QED) is 0.807. The lowest BCUT2D eigenvalue weighted by Crippen LogP contribution is -2.23. The van der Waals surface area contributed by atoms with Crippen LogP contribution in [0.15, 0.2) is 42.5 Å². The van der Waals surface area contributed by atoms with Crippen LogP contribution in [0.25, 0.3) is 11.1 Å². The SMILES string of the molecule is OC1Oc2ccccc2C2=C1c1cccc(F)c1OCC2. The summed E-state index contributed by atoms with van der Waals surface area (Å²) in [6, 6.07) is 12.3. The zero-order chi connectivity index (χ0) is 14.4. The average Bonchev–Trinajstić information content (AvgIpc) is 2.68. The Morgan fingerprint density at radius 1 is 1.05 bits per heavy atom. The highest BCUT2D eigenvalue weighted by Crippen LogP contribution is 2.45. The first kappa shape index (κ1) is 12.4. The Balaban J connectivity index is 2.01. The van der Waals surface area contributed by atoms with Crippen LogP contribution in [-0.4, -0.2) is 18.0 Å². The van der Waals surface area contributed by atoms with Crippen molar-refractivity contribution in [3.8, 4) is 11.5 Å². The van der Waals surface area contributed by atoms with E-state index in [9.17, 15) is 9.50 Å². The maximum absolute atomic E-state index is 14.0. The van der Waals surface area contributed by atoms with E-state index in [-0.39, 0.29) is 5.75 Å². The van der Waals surface area contributed by atoms with Crippen LogP contribution in [0.2, 0.25) is 0 Å². The van der Waals surface area contributed by atoms with Gasteiger partial charge in [-0.25, -0.2) is 4.39 Å². The normalized spacial score (nSPS) is 19.6. The molecule has 106 valence electrons. The summed E-state index contributed by atoms with van der Waals surface area (Å²) in [6.45, 7) is 0.369. The van der Waals surface area contributed by atoms with Gasteiger partial charge in [-0.2, -0.15) is 0 Å². The number of aliphatic hydroxyl groups excluding tert-OH is 1. The minimum atomic E-state index is -1.11. The fourth-order valence-corrected chi connectivity index (χ4v) is 2.98. The Labute approximate surface area is 121 Å². The molecule has 0 fully saturated rings. The summed E-state index contributed by atoms with van der Waals surface area (Å²) in [5.74, 6) is 0.403. The summed E-state index contributed by atoms with van der Waals surface area (Å²) in [7, 11) is 0. The Morgan fingerprint density at radius 2 is 1.86 bits per heavy atom. The van der Waals surface area contributed by atoms with Crippen LogP contribution in [0, 0.1) is 5.82 Å². The van der Waals surface area contributed by atoms with E-state index in [2.05, 4.69) is 0 Å². The lowest BCUT2D eigenvalue weighted by atomic mass is 9.90. The standard InChI is InChI=1S/C17H13FO3/c18-13-6-3-5-12-15-11(8-9-20-16(12)13)10-4-1-2-7-14(10)21-17(15)19/h1-7,17,19H,8-9H2. The maximum Gasteiger partial charge on any atom is 0.225 e. The van der Waals surface area contributed by atoms with Crippen molar-refractivity contribution >= 4 is 11.1 Å². The zero-order valence-corrected chi connectivity index (χ0v) is 11.2. The van der Waals surface area contributed by atoms with Crippen molar-refractivity contribution in [1.29, 1.82) is 0 Å². The number of benzene rings is 2. The van der Waals surface area contributed by atoms with E-state index >= 15 is 0 Å². The predicted octanol–water partition coefficient (Wildman–Crippen LogP) is 3.23. The molecule has 1 N–H and O–H groups in total. The van der Waals surface area contributed by atoms with Gasteiger partial charge in [0.2, 0.25) is 6.29 Å². The van der Waals surface area contributed by atoms with Gasteiger partial charge in [0.05, 0.1) is 6.61 Å². The number of hydrogen-bond acceptors (Lipinski definition) is 3. The summed E-state index contributed by atoms with van der Waals surface area (Å²) in [5, 5.41) is 10.4. The van der Waals surface area contributed by atoms with Gasteiger partial charge in [0.1, 0.15) is 5.75 Å². The Morgan fingerprint density at radius 3 is 2.76 bits per heavy atom. The molecule has 0 aliphatic carbocycles. The summed E-state index contributed by atoms with van der Waals surface area (Å²) >= 11 is 0. The third-order valence-electron chi connectivity index (χ3n) is 3.88. The van der Waals surface area contributed by atoms with E-state index in [1.54, 1.807) is 12.1 Å². The Kier molecular flexibility index (Phi) is 2.72. The Hall–Kier alpha value is -2.33. The molecule has 0 saturated carbocycles. The Bertz CT molecular complexity index is 751. The molecule has 2 aliphatic heterocycles. The molecule has 21 heavy (non-hydrogen) atoms. The molecular formula is C17H13FO3. The van der Waals surface area contributed by atoms with Crippen molar-refractivity contribution in [1.82, 2.24) is 0 Å². The van der Waals surface area contributed by atoms with Crippen LogP contribution < -0.4 is 9.47 Å². The van der Waals surface area contributed by atoms with E-state index in [1.165, 1.54) is 6.07 Å². The number of aliphatic hydroxyl groups is 1. The van der Waals surface area contributed by atoms with Gasteiger partial charge >= 0.3 is 0 Å². The molecule has 1 unspecified atom stereocenters. The van der Waals surface area contributed by atoms with Crippen LogP contribution in [0.3, 0.4) is 0 Å². The highest BCUT2D eigenvalue weighted by Gasteiger charge is 2.32. The van der Waals surface area contributed by atoms with Crippen molar-refractivity contribution in [3.05, 3.63) is 59.4 Å². The summed E-state index contributed by atoms with van der Waals surface area (Å²) in [4.78, 5) is 0. The number of fused-ring (bicyclic) bond motifs is 4. The molecule has 2 aromatic rings. The first-order valence-corrected chi connectivity index (χ1v) is 6.84. The van der Waals surface area contributed by atoms with E-state index in [0.29, 0.717) is 29.9 Å². The molecule has 2 heterocycles. The van der Waals surface area contributed by atoms with Crippen LogP contribution >= 0.6 is 0 Å². The van der Waals surface area contributed by atoms with Crippen LogP contribution in [0.4, 0.5) is 4.39 Å². The summed E-state index contributed by atoms with van der Waals surface area (Å²) in [5.41, 5.74) is 3.04. The highest BCUT2D eigenvalue weighted by atomic mass is 19.1. The van der Waals surface area contributed by atoms with Crippen LogP contribution in [0.5, 0.6) is 11.5 Å². The molecule has 2 aromatic carbocycles. The van der Waals surface area contributed by atoms with E-state index in [4.69, 9.17) is 9.47 Å². The number of hydrogen-bond donors (Lipinski definition) is 1. The van der Waals surface area contributed by atoms with Crippen molar-refractivity contribution in [3.63, 3.8) is 0 Å². The highest BCUT2D eigenvalue weighted by molar-refractivity contribution is 5.97. The molecule has 1 atom stereocenters. The smallest absolute Gasteiger partial charge is 0.225 e. The van der Waals surface area contributed by atoms with Gasteiger partial charge in [-0.05, 0) is 17.7 Å². The second-order valence-electron chi connectivity index (χ2n) is 5.07. The molecule has 0 amide bonds. The largest absolute Gasteiger partial charge is 0.490 e. The minimum Gasteiger partial charge on any atom is -0.490 e. The fraction of sp³-hybridized carbons (Fsp3) is 0.176. The predicted molar refractivity (Wildman–Crippen MR) is 76.4 cm³/mol. The van der Waals surface area contributed by atoms with Crippen molar-refractivity contribution in [2.45, 2.75) is 12.7 Å². The third-order valence-corrected chi connectivity index (χ3v) is 3.88. The second-order valence-corrected chi connectivity index (χ2v) is 5.07. The number of halogens is 1. The topological polar surface area (TPSA) is 38.7 Å². The fourth-order valence-electron chi connectivity index (χ4n) is 2.98. The maximum atomic E-state index is 14.0. The molecule has 0 radical (unpaired) electrons. The first-order chi connectivity index (χ1) is 10.3. The minimum absolute atomic E-state index is 0.185. The molecule has 4 rings (SSSR count). The van der Waals surface area contributed by atoms with Crippen molar-refractivity contribution in [2.24, 2.45) is 0 Å². The van der Waals surface area contributed by atoms with E-state index in [0.717, 1.165) is 11.1 Å². The van der Waals surface area contributed by atoms with E-state index in [1.807, 2.05) is 24.3 Å². The van der Waals surface area contributed by atoms with Crippen LogP contribution in [0.1, 0.15) is 17.5 Å². The van der Waals surface area contributed by atoms with Gasteiger partial charge in [0.15, 0.2) is 11.6 Å². The lowest BCUT2D eigenvalue weighted by molar-refractivity contribution is 0.0314. The van der Waals surface area contributed by atoms with Crippen molar-refractivity contribution in [2.75, 3.05) is 6.61 Å². The van der Waals surface area contributed by atoms with Crippen molar-refractivity contribution < 1.29 is 19.0 Å². The number of ether oxygens (including phenoxy) is 2. The van der Waals surface area contributed by atoms with Gasteiger partial charge in [0.25, 0.3) is 0 Å². The molecule has 0 spiro atoms. The van der Waals surface area contributed by atoms with Gasteiger partial charge in [-0.1, -0.05) is 30.3 Å². The molecule has 4 heteroatoms. The van der Waals surface area contributed by atoms with Crippen LogP contribution in [-0.2, 0) is 0 Å². The molecule has 0 bridgehead atoms. The molecule has 2 aliphatic rings. The zero-order valence-electron chi connectivity index (χ0n) is 11.2. The average molecular weight is 284 g/mol. The summed E-state index contributed by atoms with van der Waals surface area (Å²) < 4.78 is 25.1.